The highest BCUT2D eigenvalue weighted by atomic mass is 19.4. The molecule has 0 aliphatic rings. The van der Waals surface area contributed by atoms with Gasteiger partial charge >= 0.3 is 12.1 Å². The van der Waals surface area contributed by atoms with Crippen LogP contribution in [0.5, 0.6) is 0 Å². The Morgan fingerprint density at radius 2 is 1.71 bits per heavy atom. The molecule has 0 spiro atoms. The summed E-state index contributed by atoms with van der Waals surface area (Å²) in [5.74, 6) is -6.80. The molecule has 0 atom stereocenters. The Bertz CT molecular complexity index is 891. The van der Waals surface area contributed by atoms with E-state index in [1.807, 2.05) is 0 Å². The second-order valence-electron chi connectivity index (χ2n) is 4.88. The maximum Gasteiger partial charge on any atom is 0.461 e. The van der Waals surface area contributed by atoms with Gasteiger partial charge in [0.2, 0.25) is 5.82 Å². The molecule has 0 amide bonds. The molecule has 3 aromatic rings. The second kappa shape index (κ2) is 5.51. The van der Waals surface area contributed by atoms with E-state index in [0.717, 1.165) is 0 Å². The molecule has 24 heavy (non-hydrogen) atoms. The number of hydrogen-bond donors (Lipinski definition) is 2. The molecule has 6 nitrogen and oxygen atoms in total. The topological polar surface area (TPSA) is 75.3 Å². The average molecular weight is 347 g/mol. The predicted molar refractivity (Wildman–Crippen MR) is 73.8 cm³/mol. The van der Waals surface area contributed by atoms with E-state index in [0.29, 0.717) is 15.3 Å². The molecular weight excluding hydrogens is 337 g/mol. The van der Waals surface area contributed by atoms with Gasteiger partial charge in [0.25, 0.3) is 0 Å². The predicted octanol–water partition coefficient (Wildman–Crippen LogP) is 2.34. The van der Waals surface area contributed by atoms with E-state index in [9.17, 15) is 22.0 Å². The highest BCUT2D eigenvalue weighted by Crippen LogP contribution is 2.43. The minimum Gasteiger partial charge on any atom is -0.395 e. The van der Waals surface area contributed by atoms with Crippen LogP contribution in [0.25, 0.3) is 16.4 Å². The first-order valence-corrected chi connectivity index (χ1v) is 6.71. The maximum atomic E-state index is 13.7. The number of aliphatic hydroxyl groups excluding tert-OH is 1. The largest absolute Gasteiger partial charge is 0.461 e. The third-order valence-corrected chi connectivity index (χ3v) is 3.30. The lowest BCUT2D eigenvalue weighted by molar-refractivity contribution is -0.293. The summed E-state index contributed by atoms with van der Waals surface area (Å²) in [6.45, 7) is -0.239. The van der Waals surface area contributed by atoms with Crippen molar-refractivity contribution in [1.82, 2.24) is 19.8 Å². The maximum absolute atomic E-state index is 13.7. The lowest BCUT2D eigenvalue weighted by Gasteiger charge is -2.17. The van der Waals surface area contributed by atoms with Crippen molar-refractivity contribution in [2.24, 2.45) is 0 Å². The monoisotopic (exact) mass is 347 g/mol. The minimum absolute atomic E-state index is 0.0335. The van der Waals surface area contributed by atoms with Crippen molar-refractivity contribution < 1.29 is 27.1 Å². The van der Waals surface area contributed by atoms with Crippen LogP contribution in [0.15, 0.2) is 24.3 Å². The molecule has 11 heteroatoms. The van der Waals surface area contributed by atoms with Crippen LogP contribution in [-0.2, 0) is 5.92 Å². The summed E-state index contributed by atoms with van der Waals surface area (Å²) >= 11 is 0. The molecule has 0 saturated heterocycles. The first-order chi connectivity index (χ1) is 11.3. The number of aliphatic hydroxyl groups is 1. The highest BCUT2D eigenvalue weighted by molar-refractivity contribution is 5.99. The van der Waals surface area contributed by atoms with Crippen LogP contribution in [0, 0.1) is 0 Å². The summed E-state index contributed by atoms with van der Waals surface area (Å²) in [7, 11) is 0. The van der Waals surface area contributed by atoms with Crippen molar-refractivity contribution in [3.05, 3.63) is 30.1 Å². The quantitative estimate of drug-likeness (QED) is 0.709. The van der Waals surface area contributed by atoms with Gasteiger partial charge in [-0.1, -0.05) is 24.3 Å². The molecule has 2 heterocycles. The standard InChI is InChI=1S/C13H10F5N5O/c14-12(15,13(16,17)18)11-21-20-10-8-4-2-1-3-7(8)9(19-5-6-24)22-23(10)11/h1-4,24H,5-6H2,(H,19,22). The smallest absolute Gasteiger partial charge is 0.395 e. The van der Waals surface area contributed by atoms with E-state index in [-0.39, 0.29) is 24.6 Å². The van der Waals surface area contributed by atoms with Crippen molar-refractivity contribution >= 4 is 22.2 Å². The molecule has 0 aliphatic heterocycles. The Morgan fingerprint density at radius 1 is 1.04 bits per heavy atom. The summed E-state index contributed by atoms with van der Waals surface area (Å²) in [5.41, 5.74) is -0.223. The summed E-state index contributed by atoms with van der Waals surface area (Å²) in [6, 6.07) is 6.32. The van der Waals surface area contributed by atoms with Crippen LogP contribution in [0.1, 0.15) is 5.82 Å². The molecule has 0 radical (unpaired) electrons. The number of rotatable bonds is 4. The fourth-order valence-electron chi connectivity index (χ4n) is 2.21. The van der Waals surface area contributed by atoms with Crippen molar-refractivity contribution in [2.75, 3.05) is 18.5 Å². The van der Waals surface area contributed by atoms with Gasteiger partial charge in [-0.2, -0.15) is 26.5 Å². The van der Waals surface area contributed by atoms with E-state index in [4.69, 9.17) is 5.11 Å². The number of alkyl halides is 5. The zero-order chi connectivity index (χ0) is 17.5. The van der Waals surface area contributed by atoms with E-state index >= 15 is 0 Å². The van der Waals surface area contributed by atoms with Crippen LogP contribution >= 0.6 is 0 Å². The van der Waals surface area contributed by atoms with Gasteiger partial charge in [-0.15, -0.1) is 15.3 Å². The van der Waals surface area contributed by atoms with Gasteiger partial charge in [0.1, 0.15) is 0 Å². The molecule has 0 unspecified atom stereocenters. The van der Waals surface area contributed by atoms with Gasteiger partial charge in [0, 0.05) is 17.3 Å². The normalized spacial score (nSPS) is 12.9. The Labute approximate surface area is 130 Å². The van der Waals surface area contributed by atoms with E-state index in [2.05, 4.69) is 20.6 Å². The fraction of sp³-hybridized carbons (Fsp3) is 0.308. The van der Waals surface area contributed by atoms with Crippen molar-refractivity contribution in [1.29, 1.82) is 0 Å². The molecule has 0 aliphatic carbocycles. The number of nitrogens with zero attached hydrogens (tertiary/aromatic N) is 4. The third kappa shape index (κ3) is 2.40. The molecule has 128 valence electrons. The van der Waals surface area contributed by atoms with Crippen LogP contribution < -0.4 is 5.32 Å². The SMILES string of the molecule is OCCNc1nn2c(C(F)(F)C(F)(F)F)nnc2c2ccccc12. The first kappa shape index (κ1) is 16.3. The molecule has 2 N–H and O–H groups in total. The van der Waals surface area contributed by atoms with Gasteiger partial charge in [-0.3, -0.25) is 0 Å². The Balaban J connectivity index is 2.31. The van der Waals surface area contributed by atoms with Crippen LogP contribution in [0.4, 0.5) is 27.8 Å². The number of aromatic nitrogens is 4. The Kier molecular flexibility index (Phi) is 3.74. The van der Waals surface area contributed by atoms with Gasteiger partial charge in [0.05, 0.1) is 6.61 Å². The van der Waals surface area contributed by atoms with Gasteiger partial charge < -0.3 is 10.4 Å². The third-order valence-electron chi connectivity index (χ3n) is 3.30. The van der Waals surface area contributed by atoms with Crippen LogP contribution in [0.2, 0.25) is 0 Å². The molecular formula is C13H10F5N5O. The average Bonchev–Trinajstić information content (AvgIpc) is 2.96. The molecule has 0 fully saturated rings. The highest BCUT2D eigenvalue weighted by Gasteiger charge is 2.62. The number of benzene rings is 1. The second-order valence-corrected chi connectivity index (χ2v) is 4.88. The molecule has 0 bridgehead atoms. The van der Waals surface area contributed by atoms with E-state index in [1.165, 1.54) is 6.07 Å². The molecule has 3 rings (SSSR count). The van der Waals surface area contributed by atoms with Crippen molar-refractivity contribution in [3.63, 3.8) is 0 Å². The zero-order valence-corrected chi connectivity index (χ0v) is 11.8. The van der Waals surface area contributed by atoms with Crippen molar-refractivity contribution in [3.8, 4) is 0 Å². The summed E-state index contributed by atoms with van der Waals surface area (Å²) < 4.78 is 65.6. The Morgan fingerprint density at radius 3 is 2.33 bits per heavy atom. The number of fused-ring (bicyclic) bond motifs is 3. The number of nitrogens with one attached hydrogen (secondary N) is 1. The van der Waals surface area contributed by atoms with Crippen molar-refractivity contribution in [2.45, 2.75) is 12.1 Å². The van der Waals surface area contributed by atoms with Gasteiger partial charge in [-0.05, 0) is 0 Å². The minimum atomic E-state index is -5.83. The lowest BCUT2D eigenvalue weighted by atomic mass is 10.2. The lowest BCUT2D eigenvalue weighted by Crippen LogP contribution is -2.36. The van der Waals surface area contributed by atoms with Crippen LogP contribution in [-0.4, -0.2) is 44.2 Å². The fourth-order valence-corrected chi connectivity index (χ4v) is 2.21. The molecule has 0 saturated carbocycles. The molecule has 2 aromatic heterocycles. The van der Waals surface area contributed by atoms with Gasteiger partial charge in [0.15, 0.2) is 11.5 Å². The zero-order valence-electron chi connectivity index (χ0n) is 11.8. The van der Waals surface area contributed by atoms with Crippen LogP contribution in [0.3, 0.4) is 0 Å². The number of halogens is 5. The first-order valence-electron chi connectivity index (χ1n) is 6.71. The number of hydrogen-bond acceptors (Lipinski definition) is 5. The van der Waals surface area contributed by atoms with Gasteiger partial charge in [-0.25, -0.2) is 0 Å². The number of anilines is 1. The molecule has 1 aromatic carbocycles. The Hall–Kier alpha value is -2.56. The summed E-state index contributed by atoms with van der Waals surface area (Å²) in [5, 5.41) is 22.5. The van der Waals surface area contributed by atoms with E-state index < -0.39 is 17.9 Å². The summed E-state index contributed by atoms with van der Waals surface area (Å²) in [6.07, 6.45) is -5.83. The summed E-state index contributed by atoms with van der Waals surface area (Å²) in [4.78, 5) is 0. The van der Waals surface area contributed by atoms with E-state index in [1.54, 1.807) is 18.2 Å².